The summed E-state index contributed by atoms with van der Waals surface area (Å²) in [6.07, 6.45) is 4.00. The molecular weight excluding hydrogens is 543 g/mol. The van der Waals surface area contributed by atoms with Gasteiger partial charge in [-0.25, -0.2) is 0 Å². The SMILES string of the molecule is CC(=O)N1CCc2c(c(-c3ccc(Cl)c(C)c3)nn2CCCN2CCC(Oc3ccc(Cl)c(Cl)c3)CC2)C1. The third-order valence-corrected chi connectivity index (χ3v) is 8.75. The molecule has 3 aromatic rings. The van der Waals surface area contributed by atoms with Crippen molar-refractivity contribution >= 4 is 40.7 Å². The van der Waals surface area contributed by atoms with Crippen molar-refractivity contribution in [2.45, 2.75) is 58.7 Å². The van der Waals surface area contributed by atoms with Gasteiger partial charge in [0.25, 0.3) is 0 Å². The minimum absolute atomic E-state index is 0.105. The predicted molar refractivity (Wildman–Crippen MR) is 153 cm³/mol. The number of aromatic nitrogens is 2. The Kier molecular flexibility index (Phi) is 8.53. The smallest absolute Gasteiger partial charge is 0.219 e. The highest BCUT2D eigenvalue weighted by Gasteiger charge is 2.27. The Bertz CT molecular complexity index is 1320. The van der Waals surface area contributed by atoms with Gasteiger partial charge in [-0.15, -0.1) is 0 Å². The molecule has 1 fully saturated rings. The summed E-state index contributed by atoms with van der Waals surface area (Å²) >= 11 is 18.4. The number of fused-ring (bicyclic) bond motifs is 1. The molecule has 0 saturated carbocycles. The van der Waals surface area contributed by atoms with Gasteiger partial charge < -0.3 is 14.5 Å². The second-order valence-corrected chi connectivity index (χ2v) is 11.5. The molecule has 1 aromatic heterocycles. The molecular formula is C29H33Cl3N4O2. The van der Waals surface area contributed by atoms with E-state index in [-0.39, 0.29) is 12.0 Å². The minimum Gasteiger partial charge on any atom is -0.490 e. The summed E-state index contributed by atoms with van der Waals surface area (Å²) in [4.78, 5) is 16.5. The quantitative estimate of drug-likeness (QED) is 0.316. The van der Waals surface area contributed by atoms with E-state index in [9.17, 15) is 4.79 Å². The number of nitrogens with zero attached hydrogens (tertiary/aromatic N) is 4. The van der Waals surface area contributed by atoms with Crippen molar-refractivity contribution in [3.8, 4) is 17.0 Å². The molecule has 9 heteroatoms. The molecule has 2 aliphatic rings. The molecule has 5 rings (SSSR count). The monoisotopic (exact) mass is 574 g/mol. The molecule has 0 aliphatic carbocycles. The van der Waals surface area contributed by atoms with E-state index in [2.05, 4.69) is 15.6 Å². The Morgan fingerprint density at radius 3 is 2.47 bits per heavy atom. The third kappa shape index (κ3) is 6.15. The minimum atomic E-state index is 0.105. The van der Waals surface area contributed by atoms with Gasteiger partial charge in [0.15, 0.2) is 0 Å². The lowest BCUT2D eigenvalue weighted by atomic mass is 9.99. The van der Waals surface area contributed by atoms with Crippen LogP contribution in [0.5, 0.6) is 5.75 Å². The maximum atomic E-state index is 12.1. The first-order chi connectivity index (χ1) is 18.3. The third-order valence-electron chi connectivity index (χ3n) is 7.58. The van der Waals surface area contributed by atoms with Crippen molar-refractivity contribution in [1.82, 2.24) is 19.6 Å². The highest BCUT2D eigenvalue weighted by Crippen LogP contribution is 2.32. The predicted octanol–water partition coefficient (Wildman–Crippen LogP) is 6.66. The number of halogens is 3. The van der Waals surface area contributed by atoms with E-state index in [0.717, 1.165) is 91.6 Å². The molecule has 0 spiro atoms. The summed E-state index contributed by atoms with van der Waals surface area (Å²) in [6, 6.07) is 11.5. The maximum Gasteiger partial charge on any atom is 0.219 e. The zero-order valence-corrected chi connectivity index (χ0v) is 24.1. The molecule has 6 nitrogen and oxygen atoms in total. The number of amides is 1. The molecule has 202 valence electrons. The van der Waals surface area contributed by atoms with Gasteiger partial charge in [-0.05, 0) is 62.6 Å². The first-order valence-electron chi connectivity index (χ1n) is 13.2. The molecule has 2 aromatic carbocycles. The first kappa shape index (κ1) is 27.3. The van der Waals surface area contributed by atoms with E-state index >= 15 is 0 Å². The average Bonchev–Trinajstić information content (AvgIpc) is 3.27. The summed E-state index contributed by atoms with van der Waals surface area (Å²) < 4.78 is 8.31. The number of ether oxygens (including phenoxy) is 1. The average molecular weight is 576 g/mol. The lowest BCUT2D eigenvalue weighted by Crippen LogP contribution is -2.39. The number of carbonyl (C=O) groups excluding carboxylic acids is 1. The Balaban J connectivity index is 1.20. The Labute approximate surface area is 239 Å². The van der Waals surface area contributed by atoms with E-state index in [1.165, 1.54) is 5.69 Å². The summed E-state index contributed by atoms with van der Waals surface area (Å²) in [5.74, 6) is 0.879. The zero-order valence-electron chi connectivity index (χ0n) is 21.9. The van der Waals surface area contributed by atoms with Crippen LogP contribution in [-0.2, 0) is 24.3 Å². The summed E-state index contributed by atoms with van der Waals surface area (Å²) in [5, 5.41) is 6.87. The Morgan fingerprint density at radius 2 is 1.76 bits per heavy atom. The van der Waals surface area contributed by atoms with Crippen LogP contribution in [0, 0.1) is 6.92 Å². The van der Waals surface area contributed by atoms with Crippen LogP contribution >= 0.6 is 34.8 Å². The van der Waals surface area contributed by atoms with E-state index in [1.54, 1.807) is 19.1 Å². The molecule has 0 atom stereocenters. The highest BCUT2D eigenvalue weighted by molar-refractivity contribution is 6.42. The standard InChI is InChI=1S/C29H33Cl3N4O2/c1-19-16-21(4-6-25(19)30)29-24-18-35(20(2)37)15-10-28(24)36(33-29)12-3-11-34-13-8-22(9-14-34)38-23-5-7-26(31)27(32)17-23/h4-7,16-17,22H,3,8-15,18H2,1-2H3. The largest absolute Gasteiger partial charge is 0.490 e. The topological polar surface area (TPSA) is 50.6 Å². The van der Waals surface area contributed by atoms with Crippen LogP contribution in [-0.4, -0.2) is 57.8 Å². The van der Waals surface area contributed by atoms with Gasteiger partial charge in [-0.2, -0.15) is 5.10 Å². The van der Waals surface area contributed by atoms with Crippen molar-refractivity contribution in [1.29, 1.82) is 0 Å². The molecule has 3 heterocycles. The highest BCUT2D eigenvalue weighted by atomic mass is 35.5. The number of rotatable bonds is 7. The molecule has 0 bridgehead atoms. The van der Waals surface area contributed by atoms with Crippen molar-refractivity contribution < 1.29 is 9.53 Å². The second kappa shape index (κ2) is 11.9. The van der Waals surface area contributed by atoms with Gasteiger partial charge in [0.1, 0.15) is 11.9 Å². The Morgan fingerprint density at radius 1 is 1.00 bits per heavy atom. The lowest BCUT2D eigenvalue weighted by molar-refractivity contribution is -0.129. The molecule has 1 saturated heterocycles. The number of hydrogen-bond acceptors (Lipinski definition) is 4. The van der Waals surface area contributed by atoms with Crippen molar-refractivity contribution in [3.05, 3.63) is 68.3 Å². The van der Waals surface area contributed by atoms with Gasteiger partial charge in [0, 0.05) is 74.0 Å². The summed E-state index contributed by atoms with van der Waals surface area (Å²) in [5.41, 5.74) is 5.45. The van der Waals surface area contributed by atoms with Crippen molar-refractivity contribution in [2.75, 3.05) is 26.2 Å². The number of likely N-dealkylation sites (tertiary alicyclic amines) is 1. The summed E-state index contributed by atoms with van der Waals surface area (Å²) in [6.45, 7) is 8.87. The number of benzene rings is 2. The van der Waals surface area contributed by atoms with Gasteiger partial charge in [-0.3, -0.25) is 9.48 Å². The van der Waals surface area contributed by atoms with Crippen molar-refractivity contribution in [3.63, 3.8) is 0 Å². The van der Waals surface area contributed by atoms with Crippen LogP contribution < -0.4 is 4.74 Å². The van der Waals surface area contributed by atoms with Crippen molar-refractivity contribution in [2.24, 2.45) is 0 Å². The van der Waals surface area contributed by atoms with Crippen LogP contribution in [0.1, 0.15) is 43.0 Å². The number of hydrogen-bond donors (Lipinski definition) is 0. The van der Waals surface area contributed by atoms with Crippen LogP contribution in [0.2, 0.25) is 15.1 Å². The van der Waals surface area contributed by atoms with Gasteiger partial charge in [-0.1, -0.05) is 40.9 Å². The maximum absolute atomic E-state index is 12.1. The number of carbonyl (C=O) groups is 1. The van der Waals surface area contributed by atoms with Gasteiger partial charge in [0.2, 0.25) is 5.91 Å². The van der Waals surface area contributed by atoms with Crippen LogP contribution in [0.15, 0.2) is 36.4 Å². The summed E-state index contributed by atoms with van der Waals surface area (Å²) in [7, 11) is 0. The van der Waals surface area contributed by atoms with Crippen LogP contribution in [0.25, 0.3) is 11.3 Å². The first-order valence-corrected chi connectivity index (χ1v) is 14.4. The lowest BCUT2D eigenvalue weighted by Gasteiger charge is -2.32. The van der Waals surface area contributed by atoms with E-state index < -0.39 is 0 Å². The zero-order chi connectivity index (χ0) is 26.8. The van der Waals surface area contributed by atoms with Gasteiger partial charge >= 0.3 is 0 Å². The van der Waals surface area contributed by atoms with E-state index in [0.29, 0.717) is 16.6 Å². The fourth-order valence-corrected chi connectivity index (χ4v) is 5.81. The van der Waals surface area contributed by atoms with E-state index in [4.69, 9.17) is 44.6 Å². The Hall–Kier alpha value is -2.25. The number of piperidine rings is 1. The normalized spacial score (nSPS) is 16.5. The molecule has 2 aliphatic heterocycles. The van der Waals surface area contributed by atoms with E-state index in [1.807, 2.05) is 30.0 Å². The molecule has 1 amide bonds. The molecule has 0 unspecified atom stereocenters. The number of aryl methyl sites for hydroxylation is 2. The van der Waals surface area contributed by atoms with Crippen LogP contribution in [0.4, 0.5) is 0 Å². The molecule has 0 radical (unpaired) electrons. The van der Waals surface area contributed by atoms with Crippen LogP contribution in [0.3, 0.4) is 0 Å². The molecule has 0 N–H and O–H groups in total. The second-order valence-electron chi connectivity index (χ2n) is 10.2. The molecule has 38 heavy (non-hydrogen) atoms. The fourth-order valence-electron chi connectivity index (χ4n) is 5.41. The fraction of sp³-hybridized carbons (Fsp3) is 0.448. The van der Waals surface area contributed by atoms with Gasteiger partial charge in [0.05, 0.1) is 15.7 Å².